The van der Waals surface area contributed by atoms with Crippen LogP contribution in [0.3, 0.4) is 0 Å². The molecule has 0 radical (unpaired) electrons. The third-order valence-electron chi connectivity index (χ3n) is 5.70. The zero-order chi connectivity index (χ0) is 22.2. The third-order valence-corrected chi connectivity index (χ3v) is 7.44. The van der Waals surface area contributed by atoms with Crippen molar-refractivity contribution in [1.29, 1.82) is 0 Å². The lowest BCUT2D eigenvalue weighted by atomic mass is 9.89. The minimum atomic E-state index is -4.11. The van der Waals surface area contributed by atoms with Crippen LogP contribution < -0.4 is 5.32 Å². The molecule has 31 heavy (non-hydrogen) atoms. The van der Waals surface area contributed by atoms with Crippen LogP contribution in [0.1, 0.15) is 47.3 Å². The first kappa shape index (κ1) is 21.5. The summed E-state index contributed by atoms with van der Waals surface area (Å²) in [6, 6.07) is 10.7. The average molecular weight is 445 g/mol. The normalized spacial score (nSPS) is 15.3. The molecule has 4 rings (SSSR count). The Morgan fingerprint density at radius 1 is 1.16 bits per heavy atom. The molecule has 0 saturated carbocycles. The highest BCUT2D eigenvalue weighted by molar-refractivity contribution is 7.90. The number of aryl methyl sites for hydroxylation is 1. The maximum Gasteiger partial charge on any atom is 0.356 e. The first-order valence-electron chi connectivity index (χ1n) is 10.4. The fourth-order valence-electron chi connectivity index (χ4n) is 4.09. The van der Waals surface area contributed by atoms with Gasteiger partial charge in [0.25, 0.3) is 10.0 Å². The van der Waals surface area contributed by atoms with Crippen molar-refractivity contribution >= 4 is 26.9 Å². The molecule has 1 aromatic heterocycles. The Labute approximate surface area is 181 Å². The Kier molecular flexibility index (Phi) is 5.85. The smallest absolute Gasteiger partial charge is 0.356 e. The van der Waals surface area contributed by atoms with E-state index >= 15 is 0 Å². The lowest BCUT2D eigenvalue weighted by Gasteiger charge is -2.23. The van der Waals surface area contributed by atoms with Crippen molar-refractivity contribution in [3.63, 3.8) is 0 Å². The number of aromatic nitrogens is 1. The Morgan fingerprint density at radius 2 is 1.84 bits per heavy atom. The summed E-state index contributed by atoms with van der Waals surface area (Å²) in [5, 5.41) is 3.59. The molecule has 2 heterocycles. The summed E-state index contributed by atoms with van der Waals surface area (Å²) < 4.78 is 48.2. The van der Waals surface area contributed by atoms with Crippen LogP contribution in [0.5, 0.6) is 0 Å². The SMILES string of the molecule is CCOC(=O)c1cc2cc(F)c(C3CCNCC3)cc2n1S(=O)(=O)c1ccc(C)cc1. The number of carbonyl (C=O) groups excluding carboxylic acids is 1. The van der Waals surface area contributed by atoms with Crippen LogP contribution in [0.4, 0.5) is 4.39 Å². The summed E-state index contributed by atoms with van der Waals surface area (Å²) >= 11 is 0. The van der Waals surface area contributed by atoms with Crippen LogP contribution in [0.25, 0.3) is 10.9 Å². The second-order valence-corrected chi connectivity index (χ2v) is 9.58. The molecule has 0 atom stereocenters. The molecule has 0 aliphatic carbocycles. The number of rotatable bonds is 5. The average Bonchev–Trinajstić information content (AvgIpc) is 3.13. The van der Waals surface area contributed by atoms with E-state index in [1.165, 1.54) is 24.3 Å². The first-order chi connectivity index (χ1) is 14.8. The number of nitrogens with one attached hydrogen (secondary N) is 1. The van der Waals surface area contributed by atoms with Crippen LogP contribution in [0.15, 0.2) is 47.4 Å². The van der Waals surface area contributed by atoms with Crippen LogP contribution in [-0.2, 0) is 14.8 Å². The van der Waals surface area contributed by atoms with Gasteiger partial charge in [0.2, 0.25) is 0 Å². The number of fused-ring (bicyclic) bond motifs is 1. The highest BCUT2D eigenvalue weighted by Crippen LogP contribution is 2.34. The van der Waals surface area contributed by atoms with Gasteiger partial charge in [0.1, 0.15) is 11.5 Å². The van der Waals surface area contributed by atoms with Crippen LogP contribution in [0, 0.1) is 12.7 Å². The van der Waals surface area contributed by atoms with Gasteiger partial charge in [-0.15, -0.1) is 0 Å². The van der Waals surface area contributed by atoms with E-state index in [4.69, 9.17) is 4.74 Å². The number of hydrogen-bond acceptors (Lipinski definition) is 5. The lowest BCUT2D eigenvalue weighted by Crippen LogP contribution is -2.27. The second kappa shape index (κ2) is 8.43. The molecule has 1 saturated heterocycles. The van der Waals surface area contributed by atoms with E-state index in [1.54, 1.807) is 25.1 Å². The van der Waals surface area contributed by atoms with Gasteiger partial charge >= 0.3 is 5.97 Å². The van der Waals surface area contributed by atoms with E-state index in [9.17, 15) is 17.6 Å². The minimum Gasteiger partial charge on any atom is -0.461 e. The summed E-state index contributed by atoms with van der Waals surface area (Å²) in [6.45, 7) is 5.16. The number of benzene rings is 2. The largest absolute Gasteiger partial charge is 0.461 e. The molecule has 0 bridgehead atoms. The number of piperidine rings is 1. The number of nitrogens with zero attached hydrogens (tertiary/aromatic N) is 1. The molecule has 8 heteroatoms. The van der Waals surface area contributed by atoms with Crippen molar-refractivity contribution < 1.29 is 22.3 Å². The molecule has 1 aliphatic heterocycles. The Hall–Kier alpha value is -2.71. The molecule has 0 unspecified atom stereocenters. The zero-order valence-corrected chi connectivity index (χ0v) is 18.3. The van der Waals surface area contributed by atoms with Gasteiger partial charge in [-0.3, -0.25) is 0 Å². The van der Waals surface area contributed by atoms with Crippen molar-refractivity contribution in [2.24, 2.45) is 0 Å². The molecule has 0 amide bonds. The van der Waals surface area contributed by atoms with Gasteiger partial charge in [0.05, 0.1) is 17.0 Å². The molecule has 3 aromatic rings. The van der Waals surface area contributed by atoms with Crippen molar-refractivity contribution in [3.8, 4) is 0 Å². The summed E-state index contributed by atoms with van der Waals surface area (Å²) in [7, 11) is -4.11. The number of ether oxygens (including phenoxy) is 1. The van der Waals surface area contributed by atoms with E-state index in [0.29, 0.717) is 10.9 Å². The fraction of sp³-hybridized carbons (Fsp3) is 0.348. The topological polar surface area (TPSA) is 77.4 Å². The Morgan fingerprint density at radius 3 is 2.48 bits per heavy atom. The molecule has 1 fully saturated rings. The number of esters is 1. The fourth-order valence-corrected chi connectivity index (χ4v) is 5.58. The van der Waals surface area contributed by atoms with E-state index in [0.717, 1.165) is 35.5 Å². The predicted octanol–water partition coefficient (Wildman–Crippen LogP) is 3.97. The summed E-state index contributed by atoms with van der Waals surface area (Å²) in [5.74, 6) is -1.17. The minimum absolute atomic E-state index is 0.0119. The van der Waals surface area contributed by atoms with Gasteiger partial charge in [-0.25, -0.2) is 21.6 Å². The van der Waals surface area contributed by atoms with Crippen molar-refractivity contribution in [1.82, 2.24) is 9.29 Å². The summed E-state index contributed by atoms with van der Waals surface area (Å²) in [5.41, 5.74) is 1.53. The van der Waals surface area contributed by atoms with Crippen molar-refractivity contribution in [2.75, 3.05) is 19.7 Å². The highest BCUT2D eigenvalue weighted by atomic mass is 32.2. The number of carbonyl (C=O) groups is 1. The van der Waals surface area contributed by atoms with Crippen LogP contribution >= 0.6 is 0 Å². The maximum atomic E-state index is 15.0. The molecular weight excluding hydrogens is 419 g/mol. The molecule has 2 aromatic carbocycles. The van der Waals surface area contributed by atoms with E-state index in [1.807, 2.05) is 6.92 Å². The monoisotopic (exact) mass is 444 g/mol. The maximum absolute atomic E-state index is 15.0. The quantitative estimate of drug-likeness (QED) is 0.603. The standard InChI is InChI=1S/C23H25FN2O4S/c1-3-30-23(27)22-13-17-12-20(24)19(16-8-10-25-11-9-16)14-21(17)26(22)31(28,29)18-6-4-15(2)5-7-18/h4-7,12-14,16,25H,3,8-11H2,1-2H3. The molecule has 1 N–H and O–H groups in total. The van der Waals surface area contributed by atoms with Crippen molar-refractivity contribution in [3.05, 3.63) is 65.1 Å². The van der Waals surface area contributed by atoms with Gasteiger partial charge in [-0.1, -0.05) is 17.7 Å². The van der Waals surface area contributed by atoms with Crippen LogP contribution in [0.2, 0.25) is 0 Å². The number of hydrogen-bond donors (Lipinski definition) is 1. The van der Waals surface area contributed by atoms with Gasteiger partial charge < -0.3 is 10.1 Å². The second-order valence-electron chi connectivity index (χ2n) is 7.79. The molecule has 1 aliphatic rings. The van der Waals surface area contributed by atoms with Gasteiger partial charge in [-0.2, -0.15) is 0 Å². The summed E-state index contributed by atoms with van der Waals surface area (Å²) in [4.78, 5) is 12.7. The van der Waals surface area contributed by atoms with E-state index in [-0.39, 0.29) is 34.4 Å². The van der Waals surface area contributed by atoms with Gasteiger partial charge in [0, 0.05) is 5.39 Å². The highest BCUT2D eigenvalue weighted by Gasteiger charge is 2.29. The Balaban J connectivity index is 1.96. The van der Waals surface area contributed by atoms with Gasteiger partial charge in [-0.05, 0) is 81.6 Å². The molecule has 6 nitrogen and oxygen atoms in total. The zero-order valence-electron chi connectivity index (χ0n) is 17.5. The Bertz CT molecular complexity index is 1230. The number of halogens is 1. The molecular formula is C23H25FN2O4S. The lowest BCUT2D eigenvalue weighted by molar-refractivity contribution is 0.0518. The van der Waals surface area contributed by atoms with Gasteiger partial charge in [0.15, 0.2) is 0 Å². The van der Waals surface area contributed by atoms with E-state index in [2.05, 4.69) is 5.32 Å². The summed E-state index contributed by atoms with van der Waals surface area (Å²) in [6.07, 6.45) is 1.52. The predicted molar refractivity (Wildman–Crippen MR) is 116 cm³/mol. The third kappa shape index (κ3) is 3.97. The molecule has 164 valence electrons. The molecule has 0 spiro atoms. The first-order valence-corrected chi connectivity index (χ1v) is 11.8. The van der Waals surface area contributed by atoms with Crippen LogP contribution in [-0.4, -0.2) is 38.1 Å². The van der Waals surface area contributed by atoms with E-state index < -0.39 is 16.0 Å². The van der Waals surface area contributed by atoms with Crippen molar-refractivity contribution in [2.45, 2.75) is 37.5 Å².